The first-order valence-electron chi connectivity index (χ1n) is 7.35. The Morgan fingerprint density at radius 2 is 2.27 bits per heavy atom. The van der Waals surface area contributed by atoms with Crippen molar-refractivity contribution in [2.24, 2.45) is 0 Å². The number of nitrogens with zero attached hydrogens (tertiary/aromatic N) is 4. The fourth-order valence-electron chi connectivity index (χ4n) is 2.35. The molecular weight excluding hydrogens is 306 g/mol. The number of carbonyl (C=O) groups is 1. The molecule has 1 aliphatic rings. The van der Waals surface area contributed by atoms with E-state index in [2.05, 4.69) is 15.3 Å². The van der Waals surface area contributed by atoms with Crippen LogP contribution in [-0.2, 0) is 0 Å². The molecule has 1 aliphatic heterocycles. The van der Waals surface area contributed by atoms with Crippen LogP contribution in [0, 0.1) is 0 Å². The van der Waals surface area contributed by atoms with Crippen LogP contribution in [-0.4, -0.2) is 66.6 Å². The number of anilines is 1. The van der Waals surface area contributed by atoms with Crippen LogP contribution >= 0.6 is 11.6 Å². The summed E-state index contributed by atoms with van der Waals surface area (Å²) in [6.45, 7) is 1.74. The van der Waals surface area contributed by atoms with Crippen LogP contribution < -0.4 is 15.0 Å². The molecule has 1 atom stereocenters. The second-order valence-corrected chi connectivity index (χ2v) is 5.71. The van der Waals surface area contributed by atoms with Gasteiger partial charge in [0.2, 0.25) is 0 Å². The number of hydrogen-bond donors (Lipinski definition) is 1. The first kappa shape index (κ1) is 16.6. The SMILES string of the molecule is CN(C)c1nccnc1OC1CCCN(C(=O)NCCCl)C1. The molecule has 0 saturated carbocycles. The van der Waals surface area contributed by atoms with E-state index in [1.807, 2.05) is 19.0 Å². The van der Waals surface area contributed by atoms with Crippen LogP contribution in [0.15, 0.2) is 12.4 Å². The normalized spacial score (nSPS) is 18.0. The predicted molar refractivity (Wildman–Crippen MR) is 85.7 cm³/mol. The fourth-order valence-corrected chi connectivity index (χ4v) is 2.45. The van der Waals surface area contributed by atoms with Crippen molar-refractivity contribution in [1.82, 2.24) is 20.2 Å². The number of urea groups is 1. The Morgan fingerprint density at radius 1 is 1.50 bits per heavy atom. The highest BCUT2D eigenvalue weighted by atomic mass is 35.5. The summed E-state index contributed by atoms with van der Waals surface area (Å²) in [6.07, 6.45) is 4.95. The van der Waals surface area contributed by atoms with Crippen LogP contribution in [0.2, 0.25) is 0 Å². The van der Waals surface area contributed by atoms with Crippen molar-refractivity contribution in [3.8, 4) is 5.88 Å². The largest absolute Gasteiger partial charge is 0.470 e. The van der Waals surface area contributed by atoms with Gasteiger partial charge in [0.25, 0.3) is 5.88 Å². The minimum atomic E-state index is -0.0964. The number of nitrogens with one attached hydrogen (secondary N) is 1. The second-order valence-electron chi connectivity index (χ2n) is 5.33. The van der Waals surface area contributed by atoms with Gasteiger partial charge in [-0.3, -0.25) is 0 Å². The minimum Gasteiger partial charge on any atom is -0.470 e. The highest BCUT2D eigenvalue weighted by molar-refractivity contribution is 6.18. The van der Waals surface area contributed by atoms with Gasteiger partial charge in [0, 0.05) is 45.5 Å². The van der Waals surface area contributed by atoms with Crippen molar-refractivity contribution < 1.29 is 9.53 Å². The van der Waals surface area contributed by atoms with E-state index in [0.29, 0.717) is 30.7 Å². The van der Waals surface area contributed by atoms with Gasteiger partial charge in [-0.2, -0.15) is 0 Å². The van der Waals surface area contributed by atoms with Gasteiger partial charge in [-0.05, 0) is 12.8 Å². The molecule has 0 bridgehead atoms. The summed E-state index contributed by atoms with van der Waals surface area (Å²) < 4.78 is 5.97. The molecule has 1 aromatic heterocycles. The molecule has 2 heterocycles. The van der Waals surface area contributed by atoms with Gasteiger partial charge in [0.05, 0.1) is 6.54 Å². The zero-order chi connectivity index (χ0) is 15.9. The molecule has 0 aromatic carbocycles. The van der Waals surface area contributed by atoms with Crippen LogP contribution in [0.4, 0.5) is 10.6 Å². The predicted octanol–water partition coefficient (Wildman–Crippen LogP) is 1.33. The first-order valence-corrected chi connectivity index (χ1v) is 7.89. The van der Waals surface area contributed by atoms with Crippen molar-refractivity contribution in [2.75, 3.05) is 44.5 Å². The van der Waals surface area contributed by atoms with Gasteiger partial charge in [0.15, 0.2) is 5.82 Å². The molecule has 2 rings (SSSR count). The lowest BCUT2D eigenvalue weighted by atomic mass is 10.1. The van der Waals surface area contributed by atoms with Gasteiger partial charge in [-0.25, -0.2) is 14.8 Å². The Balaban J connectivity index is 1.97. The Labute approximate surface area is 135 Å². The monoisotopic (exact) mass is 327 g/mol. The maximum atomic E-state index is 12.0. The summed E-state index contributed by atoms with van der Waals surface area (Å²) in [5, 5.41) is 2.78. The van der Waals surface area contributed by atoms with Gasteiger partial charge < -0.3 is 19.9 Å². The molecule has 1 N–H and O–H groups in total. The van der Waals surface area contributed by atoms with Crippen LogP contribution in [0.1, 0.15) is 12.8 Å². The summed E-state index contributed by atoms with van der Waals surface area (Å²) in [4.78, 5) is 24.1. The highest BCUT2D eigenvalue weighted by Crippen LogP contribution is 2.24. The van der Waals surface area contributed by atoms with E-state index in [4.69, 9.17) is 16.3 Å². The third-order valence-corrected chi connectivity index (χ3v) is 3.57. The van der Waals surface area contributed by atoms with Crippen molar-refractivity contribution in [2.45, 2.75) is 18.9 Å². The number of likely N-dealkylation sites (tertiary alicyclic amines) is 1. The molecule has 0 aliphatic carbocycles. The Morgan fingerprint density at radius 3 is 3.00 bits per heavy atom. The number of alkyl halides is 1. The molecule has 122 valence electrons. The molecule has 1 fully saturated rings. The smallest absolute Gasteiger partial charge is 0.317 e. The fraction of sp³-hybridized carbons (Fsp3) is 0.643. The van der Waals surface area contributed by atoms with Crippen molar-refractivity contribution in [1.29, 1.82) is 0 Å². The molecule has 8 heteroatoms. The number of aromatic nitrogens is 2. The number of amides is 2. The maximum Gasteiger partial charge on any atom is 0.317 e. The second kappa shape index (κ2) is 8.03. The van der Waals surface area contributed by atoms with E-state index in [1.54, 1.807) is 17.3 Å². The Hall–Kier alpha value is -1.76. The summed E-state index contributed by atoms with van der Waals surface area (Å²) >= 11 is 5.59. The average Bonchev–Trinajstić information content (AvgIpc) is 2.53. The molecule has 1 aromatic rings. The lowest BCUT2D eigenvalue weighted by Gasteiger charge is -2.33. The lowest BCUT2D eigenvalue weighted by Crippen LogP contribution is -2.49. The molecule has 1 saturated heterocycles. The third kappa shape index (κ3) is 4.37. The van der Waals surface area contributed by atoms with Crippen molar-refractivity contribution in [3.63, 3.8) is 0 Å². The average molecular weight is 328 g/mol. The Bertz CT molecular complexity index is 500. The molecular formula is C14H22ClN5O2. The van der Waals surface area contributed by atoms with Crippen LogP contribution in [0.5, 0.6) is 5.88 Å². The van der Waals surface area contributed by atoms with Gasteiger partial charge in [-0.1, -0.05) is 0 Å². The van der Waals surface area contributed by atoms with E-state index in [-0.39, 0.29) is 12.1 Å². The topological polar surface area (TPSA) is 70.6 Å². The van der Waals surface area contributed by atoms with Crippen molar-refractivity contribution in [3.05, 3.63) is 12.4 Å². The van der Waals surface area contributed by atoms with E-state index in [0.717, 1.165) is 19.4 Å². The number of piperidine rings is 1. The van der Waals surface area contributed by atoms with Gasteiger partial charge in [0.1, 0.15) is 6.10 Å². The number of ether oxygens (including phenoxy) is 1. The Kier molecular flexibility index (Phi) is 6.06. The molecule has 0 radical (unpaired) electrons. The van der Waals surface area contributed by atoms with E-state index in [1.165, 1.54) is 0 Å². The van der Waals surface area contributed by atoms with E-state index < -0.39 is 0 Å². The number of carbonyl (C=O) groups excluding carboxylic acids is 1. The summed E-state index contributed by atoms with van der Waals surface area (Å²) in [6, 6.07) is -0.0964. The summed E-state index contributed by atoms with van der Waals surface area (Å²) in [5.41, 5.74) is 0. The maximum absolute atomic E-state index is 12.0. The summed E-state index contributed by atoms with van der Waals surface area (Å²) in [5.74, 6) is 1.59. The molecule has 1 unspecified atom stereocenters. The van der Waals surface area contributed by atoms with Crippen molar-refractivity contribution >= 4 is 23.4 Å². The first-order chi connectivity index (χ1) is 10.6. The standard InChI is InChI=1S/C14H22ClN5O2/c1-19(2)12-13(17-8-7-16-12)22-11-4-3-9-20(10-11)14(21)18-6-5-15/h7-8,11H,3-6,9-10H2,1-2H3,(H,18,21). The zero-order valence-corrected chi connectivity index (χ0v) is 13.7. The van der Waals surface area contributed by atoms with Gasteiger partial charge >= 0.3 is 6.03 Å². The number of halogens is 1. The molecule has 22 heavy (non-hydrogen) atoms. The quantitative estimate of drug-likeness (QED) is 0.826. The number of rotatable bonds is 5. The van der Waals surface area contributed by atoms with Crippen LogP contribution in [0.25, 0.3) is 0 Å². The number of hydrogen-bond acceptors (Lipinski definition) is 5. The minimum absolute atomic E-state index is 0.0779. The lowest BCUT2D eigenvalue weighted by molar-refractivity contribution is 0.0981. The summed E-state index contributed by atoms with van der Waals surface area (Å²) in [7, 11) is 3.79. The molecule has 2 amide bonds. The highest BCUT2D eigenvalue weighted by Gasteiger charge is 2.26. The zero-order valence-electron chi connectivity index (χ0n) is 13.0. The molecule has 0 spiro atoms. The molecule has 7 nitrogen and oxygen atoms in total. The van der Waals surface area contributed by atoms with Crippen LogP contribution in [0.3, 0.4) is 0 Å². The van der Waals surface area contributed by atoms with E-state index >= 15 is 0 Å². The van der Waals surface area contributed by atoms with Gasteiger partial charge in [-0.15, -0.1) is 11.6 Å². The third-order valence-electron chi connectivity index (χ3n) is 3.38. The van der Waals surface area contributed by atoms with E-state index in [9.17, 15) is 4.79 Å².